The van der Waals surface area contributed by atoms with E-state index < -0.39 is 6.10 Å². The van der Waals surface area contributed by atoms with E-state index >= 15 is 0 Å². The van der Waals surface area contributed by atoms with Crippen molar-refractivity contribution >= 4 is 21.4 Å². The molecule has 1 atom stereocenters. The summed E-state index contributed by atoms with van der Waals surface area (Å²) in [6, 6.07) is 8.41. The summed E-state index contributed by atoms with van der Waals surface area (Å²) in [5.41, 5.74) is 1.80. The van der Waals surface area contributed by atoms with Crippen molar-refractivity contribution in [2.75, 3.05) is 0 Å². The molecular formula is C15H16N2OS. The fourth-order valence-corrected chi connectivity index (χ4v) is 3.29. The van der Waals surface area contributed by atoms with Crippen LogP contribution in [0.4, 0.5) is 0 Å². The number of aliphatic hydroxyl groups excluding tert-OH is 1. The second-order valence-electron chi connectivity index (χ2n) is 4.91. The lowest BCUT2D eigenvalue weighted by Crippen LogP contribution is -2.10. The molecule has 0 fully saturated rings. The van der Waals surface area contributed by atoms with Crippen LogP contribution in [-0.2, 0) is 0 Å². The van der Waals surface area contributed by atoms with E-state index in [-0.39, 0.29) is 6.04 Å². The molecule has 0 radical (unpaired) electrons. The Balaban J connectivity index is 2.11. The average Bonchev–Trinajstić information content (AvgIpc) is 3.05. The fraction of sp³-hybridized carbons (Fsp3) is 0.267. The predicted molar refractivity (Wildman–Crippen MR) is 78.5 cm³/mol. The Labute approximate surface area is 116 Å². The molecule has 4 heteroatoms. The van der Waals surface area contributed by atoms with Crippen LogP contribution in [0, 0.1) is 0 Å². The van der Waals surface area contributed by atoms with Gasteiger partial charge in [0.2, 0.25) is 0 Å². The van der Waals surface area contributed by atoms with Crippen LogP contribution in [0.2, 0.25) is 0 Å². The molecule has 98 valence electrons. The van der Waals surface area contributed by atoms with Crippen LogP contribution >= 0.6 is 11.3 Å². The number of rotatable bonds is 3. The van der Waals surface area contributed by atoms with Crippen LogP contribution in [0.3, 0.4) is 0 Å². The van der Waals surface area contributed by atoms with E-state index in [1.54, 1.807) is 23.9 Å². The standard InChI is InChI=1S/C15H16N2OS/c1-10(2)17-9-16-8-13(17)14(18)12-5-3-4-11-6-7-19-15(11)12/h3-10,14,18H,1-2H3. The molecule has 1 unspecified atom stereocenters. The molecule has 0 spiro atoms. The molecule has 2 aromatic heterocycles. The van der Waals surface area contributed by atoms with Gasteiger partial charge in [0, 0.05) is 16.3 Å². The van der Waals surface area contributed by atoms with Crippen molar-refractivity contribution in [2.24, 2.45) is 0 Å². The first-order valence-electron chi connectivity index (χ1n) is 6.34. The van der Waals surface area contributed by atoms with Crippen molar-refractivity contribution in [1.82, 2.24) is 9.55 Å². The highest BCUT2D eigenvalue weighted by molar-refractivity contribution is 7.17. The number of imidazole rings is 1. The summed E-state index contributed by atoms with van der Waals surface area (Å²) in [5, 5.41) is 13.9. The van der Waals surface area contributed by atoms with Crippen molar-refractivity contribution in [1.29, 1.82) is 0 Å². The Morgan fingerprint density at radius 2 is 2.11 bits per heavy atom. The Morgan fingerprint density at radius 3 is 2.89 bits per heavy atom. The molecule has 3 aromatic rings. The van der Waals surface area contributed by atoms with Gasteiger partial charge < -0.3 is 9.67 Å². The summed E-state index contributed by atoms with van der Waals surface area (Å²) in [6.07, 6.45) is 2.89. The lowest BCUT2D eigenvalue weighted by molar-refractivity contribution is 0.209. The first kappa shape index (κ1) is 12.4. The largest absolute Gasteiger partial charge is 0.382 e. The molecule has 0 amide bonds. The zero-order chi connectivity index (χ0) is 13.4. The number of aliphatic hydroxyl groups is 1. The lowest BCUT2D eigenvalue weighted by Gasteiger charge is -2.17. The van der Waals surface area contributed by atoms with Gasteiger partial charge in [-0.1, -0.05) is 18.2 Å². The van der Waals surface area contributed by atoms with E-state index in [4.69, 9.17) is 0 Å². The van der Waals surface area contributed by atoms with Gasteiger partial charge in [-0.2, -0.15) is 0 Å². The van der Waals surface area contributed by atoms with Crippen LogP contribution in [-0.4, -0.2) is 14.7 Å². The van der Waals surface area contributed by atoms with Gasteiger partial charge in [-0.05, 0) is 30.7 Å². The second-order valence-corrected chi connectivity index (χ2v) is 5.82. The van der Waals surface area contributed by atoms with Gasteiger partial charge >= 0.3 is 0 Å². The third kappa shape index (κ3) is 2.07. The minimum atomic E-state index is -0.632. The third-order valence-corrected chi connectivity index (χ3v) is 4.32. The molecule has 0 bridgehead atoms. The summed E-state index contributed by atoms with van der Waals surface area (Å²) in [7, 11) is 0. The van der Waals surface area contributed by atoms with Crippen molar-refractivity contribution < 1.29 is 5.11 Å². The highest BCUT2D eigenvalue weighted by Crippen LogP contribution is 2.32. The zero-order valence-corrected chi connectivity index (χ0v) is 11.8. The Hall–Kier alpha value is -1.65. The predicted octanol–water partition coefficient (Wildman–Crippen LogP) is 3.76. The molecule has 0 saturated carbocycles. The summed E-state index contributed by atoms with van der Waals surface area (Å²) in [4.78, 5) is 4.16. The summed E-state index contributed by atoms with van der Waals surface area (Å²) in [6.45, 7) is 4.17. The Bertz CT molecular complexity index is 699. The summed E-state index contributed by atoms with van der Waals surface area (Å²) >= 11 is 1.66. The molecule has 0 aliphatic rings. The molecule has 0 aliphatic heterocycles. The highest BCUT2D eigenvalue weighted by atomic mass is 32.1. The number of thiophene rings is 1. The van der Waals surface area contributed by atoms with E-state index in [9.17, 15) is 5.11 Å². The van der Waals surface area contributed by atoms with E-state index in [1.165, 1.54) is 5.39 Å². The van der Waals surface area contributed by atoms with Crippen LogP contribution in [0.1, 0.15) is 37.3 Å². The topological polar surface area (TPSA) is 38.0 Å². The maximum absolute atomic E-state index is 10.7. The van der Waals surface area contributed by atoms with Crippen molar-refractivity contribution in [3.8, 4) is 0 Å². The quantitative estimate of drug-likeness (QED) is 0.788. The maximum Gasteiger partial charge on any atom is 0.122 e. The van der Waals surface area contributed by atoms with Crippen LogP contribution in [0.5, 0.6) is 0 Å². The molecule has 0 saturated heterocycles. The van der Waals surface area contributed by atoms with Gasteiger partial charge in [0.25, 0.3) is 0 Å². The van der Waals surface area contributed by atoms with Crippen molar-refractivity contribution in [3.05, 3.63) is 53.4 Å². The molecule has 2 heterocycles. The van der Waals surface area contributed by atoms with Crippen molar-refractivity contribution in [3.63, 3.8) is 0 Å². The molecule has 19 heavy (non-hydrogen) atoms. The highest BCUT2D eigenvalue weighted by Gasteiger charge is 2.19. The SMILES string of the molecule is CC(C)n1cncc1C(O)c1cccc2ccsc12. The van der Waals surface area contributed by atoms with Crippen molar-refractivity contribution in [2.45, 2.75) is 26.0 Å². The summed E-state index contributed by atoms with van der Waals surface area (Å²) in [5.74, 6) is 0. The molecule has 3 nitrogen and oxygen atoms in total. The second kappa shape index (κ2) is 4.79. The minimum Gasteiger partial charge on any atom is -0.382 e. The lowest BCUT2D eigenvalue weighted by atomic mass is 10.0. The molecular weight excluding hydrogens is 256 g/mol. The van der Waals surface area contributed by atoms with E-state index in [0.29, 0.717) is 0 Å². The van der Waals surface area contributed by atoms with Gasteiger partial charge in [-0.3, -0.25) is 0 Å². The van der Waals surface area contributed by atoms with Gasteiger partial charge in [0.15, 0.2) is 0 Å². The zero-order valence-electron chi connectivity index (χ0n) is 10.9. The number of hydrogen-bond acceptors (Lipinski definition) is 3. The van der Waals surface area contributed by atoms with E-state index in [0.717, 1.165) is 16.0 Å². The first-order chi connectivity index (χ1) is 9.18. The van der Waals surface area contributed by atoms with Crippen LogP contribution in [0.15, 0.2) is 42.2 Å². The monoisotopic (exact) mass is 272 g/mol. The van der Waals surface area contributed by atoms with E-state index in [2.05, 4.69) is 36.3 Å². The number of hydrogen-bond donors (Lipinski definition) is 1. The van der Waals surface area contributed by atoms with Crippen LogP contribution in [0.25, 0.3) is 10.1 Å². The third-order valence-electron chi connectivity index (χ3n) is 3.34. The normalized spacial score (nSPS) is 13.3. The van der Waals surface area contributed by atoms with Gasteiger partial charge in [-0.15, -0.1) is 11.3 Å². The van der Waals surface area contributed by atoms with E-state index in [1.807, 2.05) is 16.7 Å². The smallest absolute Gasteiger partial charge is 0.122 e. The van der Waals surface area contributed by atoms with Crippen LogP contribution < -0.4 is 0 Å². The Kier molecular flexibility index (Phi) is 3.12. The minimum absolute atomic E-state index is 0.287. The molecule has 1 N–H and O–H groups in total. The molecule has 1 aromatic carbocycles. The number of aromatic nitrogens is 2. The number of nitrogens with zero attached hydrogens (tertiary/aromatic N) is 2. The van der Waals surface area contributed by atoms with Gasteiger partial charge in [0.05, 0.1) is 18.2 Å². The average molecular weight is 272 g/mol. The first-order valence-corrected chi connectivity index (χ1v) is 7.22. The molecule has 0 aliphatic carbocycles. The summed E-state index contributed by atoms with van der Waals surface area (Å²) < 4.78 is 3.16. The number of benzene rings is 1. The van der Waals surface area contributed by atoms with Gasteiger partial charge in [0.1, 0.15) is 6.10 Å². The van der Waals surface area contributed by atoms with Gasteiger partial charge in [-0.25, -0.2) is 4.98 Å². The Morgan fingerprint density at radius 1 is 1.26 bits per heavy atom. The maximum atomic E-state index is 10.7. The fourth-order valence-electron chi connectivity index (χ4n) is 2.35. The number of fused-ring (bicyclic) bond motifs is 1. The molecule has 3 rings (SSSR count).